The highest BCUT2D eigenvalue weighted by atomic mass is 16.5. The van der Waals surface area contributed by atoms with Gasteiger partial charge in [0, 0.05) is 54.8 Å². The standard InChI is InChI=1S/C17H20N6O2/c24-22-15-3-1-2-4-16(15)23(25)20-17(22)19-13-5-7-14(8-6-13)21-11-9-18-10-12-21/h1-8,18,22-23H,9-12H2,(H,19,20). The molecule has 130 valence electrons. The van der Waals surface area contributed by atoms with Gasteiger partial charge in [-0.05, 0) is 24.3 Å². The smallest absolute Gasteiger partial charge is 0.358 e. The molecule has 2 heterocycles. The van der Waals surface area contributed by atoms with Crippen molar-refractivity contribution in [2.45, 2.75) is 0 Å². The zero-order chi connectivity index (χ0) is 17.2. The molecule has 0 saturated carbocycles. The molecule has 2 unspecified atom stereocenters. The second-order valence-electron chi connectivity index (χ2n) is 6.05. The maximum Gasteiger partial charge on any atom is 0.358 e. The summed E-state index contributed by atoms with van der Waals surface area (Å²) in [6.45, 7) is 3.91. The summed E-state index contributed by atoms with van der Waals surface area (Å²) >= 11 is 0. The molecule has 0 aliphatic carbocycles. The van der Waals surface area contributed by atoms with E-state index < -0.39 is 5.17 Å². The lowest BCUT2D eigenvalue weighted by Crippen LogP contribution is -3.14. The van der Waals surface area contributed by atoms with E-state index in [9.17, 15) is 10.4 Å². The summed E-state index contributed by atoms with van der Waals surface area (Å²) in [6.07, 6.45) is 0. The Morgan fingerprint density at radius 2 is 1.64 bits per heavy atom. The third-order valence-electron chi connectivity index (χ3n) is 4.44. The van der Waals surface area contributed by atoms with E-state index in [-0.39, 0.29) is 11.0 Å². The summed E-state index contributed by atoms with van der Waals surface area (Å²) in [5.74, 6) is 0.0682. The van der Waals surface area contributed by atoms with E-state index in [0.717, 1.165) is 37.6 Å². The van der Waals surface area contributed by atoms with Gasteiger partial charge in [-0.25, -0.2) is 0 Å². The summed E-state index contributed by atoms with van der Waals surface area (Å²) < 4.78 is 0. The number of guanidine groups is 1. The zero-order valence-electron chi connectivity index (χ0n) is 13.7. The Morgan fingerprint density at radius 1 is 0.960 bits per heavy atom. The van der Waals surface area contributed by atoms with E-state index in [0.29, 0.717) is 11.4 Å². The first-order valence-corrected chi connectivity index (χ1v) is 8.32. The van der Waals surface area contributed by atoms with E-state index in [4.69, 9.17) is 0 Å². The fraction of sp³-hybridized carbons (Fsp3) is 0.235. The molecular formula is C17H20N6O2. The quantitative estimate of drug-likeness (QED) is 0.554. The third-order valence-corrected chi connectivity index (χ3v) is 4.44. The molecule has 0 aromatic heterocycles. The molecule has 25 heavy (non-hydrogen) atoms. The van der Waals surface area contributed by atoms with Crippen LogP contribution in [0.25, 0.3) is 0 Å². The van der Waals surface area contributed by atoms with Crippen LogP contribution in [0.3, 0.4) is 0 Å². The minimum absolute atomic E-state index is 0.0682. The van der Waals surface area contributed by atoms with Crippen LogP contribution < -0.4 is 25.8 Å². The molecule has 0 spiro atoms. The predicted molar refractivity (Wildman–Crippen MR) is 97.0 cm³/mol. The monoisotopic (exact) mass is 340 g/mol. The summed E-state index contributed by atoms with van der Waals surface area (Å²) in [7, 11) is 0. The largest absolute Gasteiger partial charge is 0.621 e. The zero-order valence-corrected chi connectivity index (χ0v) is 13.7. The van der Waals surface area contributed by atoms with Crippen LogP contribution in [0.4, 0.5) is 22.7 Å². The minimum Gasteiger partial charge on any atom is -0.621 e. The number of nitrogens with one attached hydrogen (secondary N) is 4. The van der Waals surface area contributed by atoms with Crippen molar-refractivity contribution in [1.29, 1.82) is 0 Å². The van der Waals surface area contributed by atoms with Crippen molar-refractivity contribution in [1.82, 2.24) is 5.32 Å². The second kappa shape index (κ2) is 6.79. The minimum atomic E-state index is -0.393. The molecule has 2 aliphatic rings. The molecule has 2 atom stereocenters. The highest BCUT2D eigenvalue weighted by Gasteiger charge is 2.27. The summed E-state index contributed by atoms with van der Waals surface area (Å²) in [5, 5.41) is 34.2. The first-order valence-electron chi connectivity index (χ1n) is 8.32. The topological polar surface area (TPSA) is 94.7 Å². The molecule has 2 aromatic carbocycles. The molecule has 1 fully saturated rings. The Labute approximate surface area is 145 Å². The summed E-state index contributed by atoms with van der Waals surface area (Å²) in [6, 6.07) is 14.6. The van der Waals surface area contributed by atoms with Crippen molar-refractivity contribution in [2.24, 2.45) is 5.10 Å². The number of hydrogen-bond acceptors (Lipinski definition) is 6. The van der Waals surface area contributed by atoms with E-state index in [1.807, 2.05) is 24.3 Å². The highest BCUT2D eigenvalue weighted by Crippen LogP contribution is 2.19. The molecule has 8 heteroatoms. The first kappa shape index (κ1) is 16.0. The molecule has 0 bridgehead atoms. The number of anilines is 2. The normalized spacial score (nSPS) is 23.0. The second-order valence-corrected chi connectivity index (χ2v) is 6.05. The maximum atomic E-state index is 12.5. The number of benzene rings is 2. The number of rotatable bonds is 2. The summed E-state index contributed by atoms with van der Waals surface area (Å²) in [4.78, 5) is 2.31. The van der Waals surface area contributed by atoms with Gasteiger partial charge in [0.25, 0.3) is 0 Å². The number of piperazine rings is 1. The number of para-hydroxylation sites is 1. The molecular weight excluding hydrogens is 320 g/mol. The average molecular weight is 340 g/mol. The van der Waals surface area contributed by atoms with Crippen molar-refractivity contribution >= 4 is 28.7 Å². The van der Waals surface area contributed by atoms with Crippen LogP contribution in [0.2, 0.25) is 0 Å². The van der Waals surface area contributed by atoms with Crippen LogP contribution in [0.15, 0.2) is 53.6 Å². The van der Waals surface area contributed by atoms with Crippen molar-refractivity contribution in [3.8, 4) is 0 Å². The summed E-state index contributed by atoms with van der Waals surface area (Å²) in [5.41, 5.74) is 2.62. The van der Waals surface area contributed by atoms with Gasteiger partial charge in [0.1, 0.15) is 0 Å². The molecule has 0 amide bonds. The van der Waals surface area contributed by atoms with Crippen LogP contribution in [0.5, 0.6) is 0 Å². The molecule has 1 saturated heterocycles. The Hall–Kier alpha value is -2.49. The van der Waals surface area contributed by atoms with E-state index in [1.54, 1.807) is 24.3 Å². The molecule has 2 aliphatic heterocycles. The lowest BCUT2D eigenvalue weighted by molar-refractivity contribution is -0.812. The van der Waals surface area contributed by atoms with E-state index in [1.165, 1.54) is 0 Å². The van der Waals surface area contributed by atoms with Gasteiger partial charge in [-0.1, -0.05) is 12.1 Å². The number of quaternary nitrogens is 2. The SMILES string of the molecule is [O-][NH+]1N=C(Nc2ccc(N3CCNCC3)cc2)[NH+]([O-])c2ccccc21. The van der Waals surface area contributed by atoms with Crippen molar-refractivity contribution in [3.63, 3.8) is 0 Å². The third kappa shape index (κ3) is 3.21. The van der Waals surface area contributed by atoms with Gasteiger partial charge in [0.2, 0.25) is 11.4 Å². The van der Waals surface area contributed by atoms with Crippen LogP contribution in [-0.4, -0.2) is 32.1 Å². The van der Waals surface area contributed by atoms with Gasteiger partial charge in [-0.3, -0.25) is 10.4 Å². The Balaban J connectivity index is 1.50. The van der Waals surface area contributed by atoms with Gasteiger partial charge >= 0.3 is 5.96 Å². The van der Waals surface area contributed by atoms with Crippen molar-refractivity contribution in [3.05, 3.63) is 58.9 Å². The maximum absolute atomic E-state index is 12.5. The van der Waals surface area contributed by atoms with Crippen LogP contribution in [0.1, 0.15) is 0 Å². The fourth-order valence-corrected chi connectivity index (χ4v) is 3.11. The number of hydroxylamine groups is 1. The Kier molecular flexibility index (Phi) is 4.35. The molecule has 8 nitrogen and oxygen atoms in total. The predicted octanol–water partition coefficient (Wildman–Crippen LogP) is -0.479. The fourth-order valence-electron chi connectivity index (χ4n) is 3.11. The lowest BCUT2D eigenvalue weighted by Gasteiger charge is -2.31. The number of nitrogens with zero attached hydrogens (tertiary/aromatic N) is 2. The van der Waals surface area contributed by atoms with Gasteiger partial charge in [0.05, 0.1) is 0 Å². The van der Waals surface area contributed by atoms with Gasteiger partial charge in [0.15, 0.2) is 0 Å². The van der Waals surface area contributed by atoms with Gasteiger partial charge < -0.3 is 20.6 Å². The molecule has 4 N–H and O–H groups in total. The van der Waals surface area contributed by atoms with Gasteiger partial charge in [-0.2, -0.15) is 5.17 Å². The first-order chi connectivity index (χ1) is 12.2. The molecule has 0 radical (unpaired) electrons. The van der Waals surface area contributed by atoms with Crippen LogP contribution in [-0.2, 0) is 0 Å². The lowest BCUT2D eigenvalue weighted by atomic mass is 10.2. The van der Waals surface area contributed by atoms with E-state index >= 15 is 0 Å². The Bertz CT molecular complexity index is 773. The van der Waals surface area contributed by atoms with E-state index in [2.05, 4.69) is 20.6 Å². The molecule has 4 rings (SSSR count). The van der Waals surface area contributed by atoms with Gasteiger partial charge in [-0.15, -0.1) is 0 Å². The average Bonchev–Trinajstić information content (AvgIpc) is 2.67. The highest BCUT2D eigenvalue weighted by molar-refractivity contribution is 5.89. The van der Waals surface area contributed by atoms with Crippen LogP contribution >= 0.6 is 0 Å². The van der Waals surface area contributed by atoms with Crippen molar-refractivity contribution < 1.29 is 10.2 Å². The number of hydrogen-bond donors (Lipinski definition) is 4. The Morgan fingerprint density at radius 3 is 2.36 bits per heavy atom. The molecule has 2 aromatic rings. The van der Waals surface area contributed by atoms with Crippen molar-refractivity contribution in [2.75, 3.05) is 36.4 Å². The number of fused-ring (bicyclic) bond motifs is 1. The van der Waals surface area contributed by atoms with Crippen LogP contribution in [0, 0.1) is 10.4 Å².